The zero-order valence-electron chi connectivity index (χ0n) is 24.1. The van der Waals surface area contributed by atoms with E-state index >= 15 is 0 Å². The minimum Gasteiger partial charge on any atom is -0.490 e. The van der Waals surface area contributed by atoms with Crippen LogP contribution >= 0.6 is 11.6 Å². The van der Waals surface area contributed by atoms with E-state index in [-0.39, 0.29) is 36.3 Å². The van der Waals surface area contributed by atoms with Crippen LogP contribution in [0.1, 0.15) is 66.9 Å². The number of hydrogen-bond donors (Lipinski definition) is 1. The number of ether oxygens (including phenoxy) is 4. The number of nitrogens with zero attached hydrogens (tertiary/aromatic N) is 1. The van der Waals surface area contributed by atoms with Crippen LogP contribution < -0.4 is 9.64 Å². The minimum absolute atomic E-state index is 0.0369. The van der Waals surface area contributed by atoms with Crippen molar-refractivity contribution in [2.24, 2.45) is 11.8 Å². The summed E-state index contributed by atoms with van der Waals surface area (Å²) in [5, 5.41) is 10.2. The van der Waals surface area contributed by atoms with Crippen molar-refractivity contribution in [1.82, 2.24) is 0 Å². The molecule has 0 amide bonds. The molecule has 0 radical (unpaired) electrons. The average Bonchev–Trinajstić information content (AvgIpc) is 3.11. The van der Waals surface area contributed by atoms with E-state index in [0.717, 1.165) is 74.5 Å². The SMILES string of the molecule is COC(=O)c1ccc2c(c1)N(C[C@@H]1CC[C@H]1[C@@H]1C[C@@H](O[C@H](C)CO)CCO1)C[C@@]1(CCCc3cc(Cl)ccc31)CO2. The van der Waals surface area contributed by atoms with Crippen molar-refractivity contribution in [2.75, 3.05) is 44.9 Å². The van der Waals surface area contributed by atoms with Gasteiger partial charge in [-0.05, 0) is 98.7 Å². The Morgan fingerprint density at radius 3 is 2.88 bits per heavy atom. The fourth-order valence-corrected chi connectivity index (χ4v) is 7.74. The molecule has 2 aliphatic heterocycles. The van der Waals surface area contributed by atoms with Crippen molar-refractivity contribution < 1.29 is 28.8 Å². The van der Waals surface area contributed by atoms with E-state index in [1.165, 1.54) is 18.2 Å². The first-order chi connectivity index (χ1) is 19.9. The Morgan fingerprint density at radius 2 is 2.10 bits per heavy atom. The molecule has 6 atom stereocenters. The smallest absolute Gasteiger partial charge is 0.337 e. The molecule has 2 heterocycles. The fourth-order valence-electron chi connectivity index (χ4n) is 7.54. The largest absolute Gasteiger partial charge is 0.490 e. The number of methoxy groups -OCH3 is 1. The number of carbonyl (C=O) groups excluding carboxylic acids is 1. The van der Waals surface area contributed by atoms with Gasteiger partial charge in [0.2, 0.25) is 0 Å². The second-order valence-corrected chi connectivity index (χ2v) is 12.9. The second-order valence-electron chi connectivity index (χ2n) is 12.5. The maximum absolute atomic E-state index is 12.5. The predicted octanol–water partition coefficient (Wildman–Crippen LogP) is 5.57. The van der Waals surface area contributed by atoms with Crippen LogP contribution in [-0.4, -0.2) is 69.4 Å². The van der Waals surface area contributed by atoms with Crippen molar-refractivity contribution in [1.29, 1.82) is 0 Å². The summed E-state index contributed by atoms with van der Waals surface area (Å²) < 4.78 is 24.0. The van der Waals surface area contributed by atoms with Crippen molar-refractivity contribution >= 4 is 23.3 Å². The molecule has 0 bridgehead atoms. The summed E-state index contributed by atoms with van der Waals surface area (Å²) >= 11 is 6.41. The first-order valence-corrected chi connectivity index (χ1v) is 15.5. The van der Waals surface area contributed by atoms with Gasteiger partial charge in [-0.2, -0.15) is 0 Å². The molecule has 8 heteroatoms. The third-order valence-electron chi connectivity index (χ3n) is 9.82. The molecule has 2 aromatic rings. The number of esters is 1. The van der Waals surface area contributed by atoms with E-state index in [1.807, 2.05) is 25.1 Å². The Hall–Kier alpha value is -2.32. The van der Waals surface area contributed by atoms with Gasteiger partial charge in [-0.15, -0.1) is 0 Å². The van der Waals surface area contributed by atoms with Gasteiger partial charge in [0, 0.05) is 36.6 Å². The van der Waals surface area contributed by atoms with E-state index in [4.69, 9.17) is 30.5 Å². The number of hydrogen-bond acceptors (Lipinski definition) is 7. The Balaban J connectivity index is 1.28. The van der Waals surface area contributed by atoms with E-state index in [0.29, 0.717) is 30.6 Å². The molecule has 6 rings (SSSR count). The molecular formula is C33H42ClNO6. The minimum atomic E-state index is -0.343. The quantitative estimate of drug-likeness (QED) is 0.427. The number of aryl methyl sites for hydroxylation is 1. The summed E-state index contributed by atoms with van der Waals surface area (Å²) in [7, 11) is 1.42. The third kappa shape index (κ3) is 5.83. The summed E-state index contributed by atoms with van der Waals surface area (Å²) in [6.07, 6.45) is 7.32. The average molecular weight is 584 g/mol. The van der Waals surface area contributed by atoms with Crippen LogP contribution in [0.4, 0.5) is 5.69 Å². The maximum Gasteiger partial charge on any atom is 0.337 e. The van der Waals surface area contributed by atoms with Gasteiger partial charge < -0.3 is 29.0 Å². The van der Waals surface area contributed by atoms with Gasteiger partial charge in [0.25, 0.3) is 0 Å². The summed E-state index contributed by atoms with van der Waals surface area (Å²) in [4.78, 5) is 15.0. The molecule has 7 nitrogen and oxygen atoms in total. The van der Waals surface area contributed by atoms with Gasteiger partial charge in [-0.1, -0.05) is 17.7 Å². The zero-order chi connectivity index (χ0) is 28.6. The van der Waals surface area contributed by atoms with E-state index < -0.39 is 0 Å². The lowest BCUT2D eigenvalue weighted by molar-refractivity contribution is -0.134. The van der Waals surface area contributed by atoms with Crippen molar-refractivity contribution in [3.05, 3.63) is 58.1 Å². The van der Waals surface area contributed by atoms with Gasteiger partial charge in [0.15, 0.2) is 0 Å². The highest BCUT2D eigenvalue weighted by Crippen LogP contribution is 2.47. The molecule has 0 unspecified atom stereocenters. The summed E-state index contributed by atoms with van der Waals surface area (Å²) in [5.41, 5.74) is 3.97. The monoisotopic (exact) mass is 583 g/mol. The number of benzene rings is 2. The lowest BCUT2D eigenvalue weighted by Gasteiger charge is -2.48. The fraction of sp³-hybridized carbons (Fsp3) is 0.606. The summed E-state index contributed by atoms with van der Waals surface area (Å²) in [6, 6.07) is 12.0. The van der Waals surface area contributed by atoms with Crippen molar-refractivity contribution in [3.63, 3.8) is 0 Å². The standard InChI is InChI=1S/C33H42ClNO6/c1-21(18-36)41-26-11-13-39-31(16-26)27-8-5-24(27)17-35-19-33(12-3-4-22-14-25(34)7-9-28(22)33)20-40-30-10-6-23(15-29(30)35)32(37)38-2/h6-7,9-10,14-15,21,24,26-27,31,36H,3-5,8,11-13,16-20H2,1-2H3/t21-,24+,26+,27-,31+,33+/m1/s1. The van der Waals surface area contributed by atoms with Gasteiger partial charge >= 0.3 is 5.97 Å². The first kappa shape index (κ1) is 28.8. The summed E-state index contributed by atoms with van der Waals surface area (Å²) in [6.45, 7) is 4.93. The Bertz CT molecular complexity index is 1250. The van der Waals surface area contributed by atoms with Crippen molar-refractivity contribution in [2.45, 2.75) is 75.6 Å². The van der Waals surface area contributed by atoms with Crippen LogP contribution in [0.25, 0.3) is 0 Å². The lowest BCUT2D eigenvalue weighted by Crippen LogP contribution is -2.51. The number of rotatable bonds is 7. The lowest BCUT2D eigenvalue weighted by atomic mass is 9.67. The van der Waals surface area contributed by atoms with E-state index in [9.17, 15) is 9.90 Å². The number of aliphatic hydroxyl groups excluding tert-OH is 1. The van der Waals surface area contributed by atoms with E-state index in [2.05, 4.69) is 17.0 Å². The molecule has 4 aliphatic rings. The highest BCUT2D eigenvalue weighted by Gasteiger charge is 2.45. The summed E-state index contributed by atoms with van der Waals surface area (Å²) in [5.74, 6) is 1.39. The predicted molar refractivity (Wildman–Crippen MR) is 158 cm³/mol. The van der Waals surface area contributed by atoms with Crippen LogP contribution in [0.15, 0.2) is 36.4 Å². The molecule has 1 N–H and O–H groups in total. The number of carbonyl (C=O) groups is 1. The number of halogens is 1. The van der Waals surface area contributed by atoms with Gasteiger partial charge in [-0.25, -0.2) is 4.79 Å². The molecule has 222 valence electrons. The zero-order valence-corrected chi connectivity index (χ0v) is 24.9. The van der Waals surface area contributed by atoms with E-state index in [1.54, 1.807) is 6.07 Å². The molecule has 2 aromatic carbocycles. The third-order valence-corrected chi connectivity index (χ3v) is 10.1. The molecule has 1 spiro atoms. The Kier molecular flexibility index (Phi) is 8.51. The number of fused-ring (bicyclic) bond motifs is 3. The Labute approximate surface area is 248 Å². The molecule has 1 saturated heterocycles. The van der Waals surface area contributed by atoms with Crippen LogP contribution in [0.2, 0.25) is 5.02 Å². The highest BCUT2D eigenvalue weighted by atomic mass is 35.5. The molecule has 2 fully saturated rings. The first-order valence-electron chi connectivity index (χ1n) is 15.2. The molecule has 41 heavy (non-hydrogen) atoms. The topological polar surface area (TPSA) is 77.5 Å². The number of aliphatic hydroxyl groups is 1. The van der Waals surface area contributed by atoms with Crippen LogP contribution in [-0.2, 0) is 26.0 Å². The number of anilines is 1. The highest BCUT2D eigenvalue weighted by molar-refractivity contribution is 6.30. The van der Waals surface area contributed by atoms with Gasteiger partial charge in [0.05, 0.1) is 49.9 Å². The molecule has 2 aliphatic carbocycles. The molecular weight excluding hydrogens is 542 g/mol. The van der Waals surface area contributed by atoms with Crippen molar-refractivity contribution in [3.8, 4) is 5.75 Å². The molecule has 1 saturated carbocycles. The Morgan fingerprint density at radius 1 is 1.22 bits per heavy atom. The maximum atomic E-state index is 12.5. The van der Waals surface area contributed by atoms with Gasteiger partial charge in [-0.3, -0.25) is 0 Å². The van der Waals surface area contributed by atoms with Gasteiger partial charge in [0.1, 0.15) is 5.75 Å². The van der Waals surface area contributed by atoms with Crippen LogP contribution in [0, 0.1) is 11.8 Å². The normalized spacial score (nSPS) is 29.9. The van der Waals surface area contributed by atoms with Crippen LogP contribution in [0.5, 0.6) is 5.75 Å². The molecule has 0 aromatic heterocycles. The second kappa shape index (κ2) is 12.1. The van der Waals surface area contributed by atoms with Crippen LogP contribution in [0.3, 0.4) is 0 Å².